The number of β-amino-alcohol motifs (C(OH)–C–C–N with tert-alkyl or cyclic N) is 1. The maximum absolute atomic E-state index is 9.70. The Kier molecular flexibility index (Phi) is 3.91. The summed E-state index contributed by atoms with van der Waals surface area (Å²) in [4.78, 5) is 2.18. The number of ether oxygens (including phenoxy) is 1. The van der Waals surface area contributed by atoms with Crippen LogP contribution in [0.2, 0.25) is 0 Å². The summed E-state index contributed by atoms with van der Waals surface area (Å²) in [6.45, 7) is 2.37. The van der Waals surface area contributed by atoms with Gasteiger partial charge >= 0.3 is 0 Å². The van der Waals surface area contributed by atoms with Gasteiger partial charge in [0, 0.05) is 19.6 Å². The number of aliphatic hydroxyl groups excluding tert-OH is 1. The zero-order valence-electron chi connectivity index (χ0n) is 9.69. The number of phenolic OH excluding ortho intramolecular Hbond substituents is 1. The van der Waals surface area contributed by atoms with Crippen molar-refractivity contribution in [3.63, 3.8) is 0 Å². The number of rotatable bonds is 3. The number of nitrogens with zero attached hydrogens (tertiary/aromatic N) is 1. The summed E-state index contributed by atoms with van der Waals surface area (Å²) in [5.41, 5.74) is 1.06. The molecule has 0 radical (unpaired) electrons. The highest BCUT2D eigenvalue weighted by Crippen LogP contribution is 2.35. The van der Waals surface area contributed by atoms with E-state index in [9.17, 15) is 10.2 Å². The number of hydrogen-bond donors (Lipinski definition) is 2. The topological polar surface area (TPSA) is 52.9 Å². The number of aliphatic hydroxyl groups is 1. The largest absolute Gasteiger partial charge is 0.503 e. The maximum atomic E-state index is 9.70. The van der Waals surface area contributed by atoms with Crippen LogP contribution in [-0.4, -0.2) is 41.4 Å². The monoisotopic (exact) mass is 301 g/mol. The normalized spacial score (nSPS) is 20.8. The van der Waals surface area contributed by atoms with E-state index in [4.69, 9.17) is 4.74 Å². The molecule has 5 heteroatoms. The molecule has 1 aliphatic heterocycles. The third-order valence-corrected chi connectivity index (χ3v) is 3.57. The molecule has 1 fully saturated rings. The van der Waals surface area contributed by atoms with Gasteiger partial charge in [-0.05, 0) is 40.0 Å². The molecule has 1 saturated heterocycles. The molecule has 2 N–H and O–H groups in total. The smallest absolute Gasteiger partial charge is 0.172 e. The van der Waals surface area contributed by atoms with Crippen LogP contribution in [-0.2, 0) is 6.54 Å². The lowest BCUT2D eigenvalue weighted by molar-refractivity contribution is 0.174. The van der Waals surface area contributed by atoms with Gasteiger partial charge in [-0.25, -0.2) is 0 Å². The van der Waals surface area contributed by atoms with E-state index in [1.54, 1.807) is 0 Å². The quantitative estimate of drug-likeness (QED) is 0.893. The summed E-state index contributed by atoms with van der Waals surface area (Å²) in [6, 6.07) is 3.70. The average molecular weight is 302 g/mol. The Morgan fingerprint density at radius 1 is 1.53 bits per heavy atom. The van der Waals surface area contributed by atoms with Gasteiger partial charge < -0.3 is 14.9 Å². The second kappa shape index (κ2) is 5.25. The third kappa shape index (κ3) is 2.91. The number of phenols is 1. The number of methoxy groups -OCH3 is 1. The summed E-state index contributed by atoms with van der Waals surface area (Å²) in [5, 5.41) is 19.2. The minimum Gasteiger partial charge on any atom is -0.503 e. The van der Waals surface area contributed by atoms with Gasteiger partial charge in [-0.15, -0.1) is 0 Å². The molecule has 0 saturated carbocycles. The van der Waals surface area contributed by atoms with Crippen molar-refractivity contribution in [2.75, 3.05) is 20.2 Å². The summed E-state index contributed by atoms with van der Waals surface area (Å²) >= 11 is 3.30. The fourth-order valence-electron chi connectivity index (χ4n) is 2.09. The Balaban J connectivity index is 2.13. The number of hydrogen-bond acceptors (Lipinski definition) is 4. The Labute approximate surface area is 109 Å². The molecule has 1 atom stereocenters. The van der Waals surface area contributed by atoms with Crippen LogP contribution in [0.1, 0.15) is 12.0 Å². The van der Waals surface area contributed by atoms with Gasteiger partial charge in [0.15, 0.2) is 11.5 Å². The van der Waals surface area contributed by atoms with Crippen molar-refractivity contribution < 1.29 is 14.9 Å². The van der Waals surface area contributed by atoms with Crippen LogP contribution in [0.25, 0.3) is 0 Å². The molecule has 4 nitrogen and oxygen atoms in total. The van der Waals surface area contributed by atoms with Crippen molar-refractivity contribution in [1.82, 2.24) is 4.90 Å². The first-order valence-corrected chi connectivity index (χ1v) is 6.35. The predicted molar refractivity (Wildman–Crippen MR) is 68.3 cm³/mol. The lowest BCUT2D eigenvalue weighted by Gasteiger charge is -2.16. The van der Waals surface area contributed by atoms with Crippen molar-refractivity contribution in [3.05, 3.63) is 22.2 Å². The first-order chi connectivity index (χ1) is 8.10. The van der Waals surface area contributed by atoms with Crippen LogP contribution in [0, 0.1) is 0 Å². The molecule has 2 rings (SSSR count). The van der Waals surface area contributed by atoms with Crippen LogP contribution >= 0.6 is 15.9 Å². The van der Waals surface area contributed by atoms with Crippen molar-refractivity contribution >= 4 is 15.9 Å². The summed E-state index contributed by atoms with van der Waals surface area (Å²) in [7, 11) is 1.53. The molecule has 0 amide bonds. The number of benzene rings is 1. The number of aromatic hydroxyl groups is 1. The third-order valence-electron chi connectivity index (χ3n) is 2.96. The molecule has 1 aliphatic rings. The van der Waals surface area contributed by atoms with E-state index in [0.717, 1.165) is 25.1 Å². The number of likely N-dealkylation sites (tertiary alicyclic amines) is 1. The minimum absolute atomic E-state index is 0.123. The summed E-state index contributed by atoms with van der Waals surface area (Å²) < 4.78 is 5.74. The Bertz CT molecular complexity index is 411. The highest BCUT2D eigenvalue weighted by atomic mass is 79.9. The second-order valence-corrected chi connectivity index (χ2v) is 5.16. The van der Waals surface area contributed by atoms with E-state index in [1.165, 1.54) is 7.11 Å². The molecule has 1 heterocycles. The first-order valence-electron chi connectivity index (χ1n) is 5.56. The maximum Gasteiger partial charge on any atom is 0.172 e. The molecule has 94 valence electrons. The molecule has 0 aliphatic carbocycles. The van der Waals surface area contributed by atoms with Gasteiger partial charge in [0.1, 0.15) is 0 Å². The van der Waals surface area contributed by atoms with Crippen molar-refractivity contribution in [3.8, 4) is 11.5 Å². The van der Waals surface area contributed by atoms with E-state index in [0.29, 0.717) is 16.8 Å². The highest BCUT2D eigenvalue weighted by Gasteiger charge is 2.20. The van der Waals surface area contributed by atoms with Gasteiger partial charge in [-0.2, -0.15) is 0 Å². The predicted octanol–water partition coefficient (Wildman–Crippen LogP) is 1.73. The van der Waals surface area contributed by atoms with Crippen LogP contribution < -0.4 is 4.74 Å². The lowest BCUT2D eigenvalue weighted by Crippen LogP contribution is -2.21. The zero-order chi connectivity index (χ0) is 12.4. The standard InChI is InChI=1S/C12H16BrNO3/c1-17-11-5-8(4-10(13)12(11)16)6-14-3-2-9(15)7-14/h4-5,9,15-16H,2-3,6-7H2,1H3/t9-/m0/s1. The highest BCUT2D eigenvalue weighted by molar-refractivity contribution is 9.10. The molecular formula is C12H16BrNO3. The molecule has 1 aromatic carbocycles. The Morgan fingerprint density at radius 2 is 2.29 bits per heavy atom. The van der Waals surface area contributed by atoms with E-state index in [1.807, 2.05) is 12.1 Å². The minimum atomic E-state index is -0.211. The molecule has 0 aromatic heterocycles. The van der Waals surface area contributed by atoms with Gasteiger partial charge in [0.25, 0.3) is 0 Å². The zero-order valence-corrected chi connectivity index (χ0v) is 11.3. The molecular weight excluding hydrogens is 286 g/mol. The molecule has 0 bridgehead atoms. The Hall–Kier alpha value is -0.780. The van der Waals surface area contributed by atoms with Gasteiger partial charge in [0.2, 0.25) is 0 Å². The van der Waals surface area contributed by atoms with Crippen molar-refractivity contribution in [1.29, 1.82) is 0 Å². The van der Waals surface area contributed by atoms with Crippen LogP contribution in [0.3, 0.4) is 0 Å². The fraction of sp³-hybridized carbons (Fsp3) is 0.500. The molecule has 1 aromatic rings. The molecule has 17 heavy (non-hydrogen) atoms. The van der Waals surface area contributed by atoms with Crippen LogP contribution in [0.15, 0.2) is 16.6 Å². The second-order valence-electron chi connectivity index (χ2n) is 4.31. The van der Waals surface area contributed by atoms with Crippen LogP contribution in [0.5, 0.6) is 11.5 Å². The van der Waals surface area contributed by atoms with E-state index in [-0.39, 0.29) is 11.9 Å². The average Bonchev–Trinajstić information content (AvgIpc) is 2.69. The van der Waals surface area contributed by atoms with Gasteiger partial charge in [0.05, 0.1) is 17.7 Å². The number of halogens is 1. The SMILES string of the molecule is COc1cc(CN2CC[C@H](O)C2)cc(Br)c1O. The lowest BCUT2D eigenvalue weighted by atomic mass is 10.2. The summed E-state index contributed by atoms with van der Waals surface area (Å²) in [6.07, 6.45) is 0.619. The van der Waals surface area contributed by atoms with E-state index < -0.39 is 0 Å². The molecule has 0 unspecified atom stereocenters. The van der Waals surface area contributed by atoms with Crippen molar-refractivity contribution in [2.24, 2.45) is 0 Å². The van der Waals surface area contributed by atoms with Gasteiger partial charge in [-0.1, -0.05) is 0 Å². The van der Waals surface area contributed by atoms with Crippen LogP contribution in [0.4, 0.5) is 0 Å². The summed E-state index contributed by atoms with van der Waals surface area (Å²) in [5.74, 6) is 0.590. The first kappa shape index (κ1) is 12.7. The van der Waals surface area contributed by atoms with Gasteiger partial charge in [-0.3, -0.25) is 4.90 Å². The Morgan fingerprint density at radius 3 is 2.88 bits per heavy atom. The van der Waals surface area contributed by atoms with Crippen molar-refractivity contribution in [2.45, 2.75) is 19.1 Å². The van der Waals surface area contributed by atoms with E-state index >= 15 is 0 Å². The molecule has 0 spiro atoms. The fourth-order valence-corrected chi connectivity index (χ4v) is 2.58. The van der Waals surface area contributed by atoms with E-state index in [2.05, 4.69) is 20.8 Å².